The van der Waals surface area contributed by atoms with Crippen molar-refractivity contribution in [3.8, 4) is 0 Å². The lowest BCUT2D eigenvalue weighted by molar-refractivity contribution is 0.275. The van der Waals surface area contributed by atoms with Gasteiger partial charge in [-0.1, -0.05) is 5.16 Å². The second-order valence-electron chi connectivity index (χ2n) is 4.01. The average Bonchev–Trinajstić information content (AvgIpc) is 2.72. The van der Waals surface area contributed by atoms with Crippen molar-refractivity contribution in [2.24, 2.45) is 0 Å². The molecule has 1 aromatic carbocycles. The summed E-state index contributed by atoms with van der Waals surface area (Å²) in [5.41, 5.74) is 5.98. The van der Waals surface area contributed by atoms with Crippen molar-refractivity contribution in [1.82, 2.24) is 5.16 Å². The largest absolute Gasteiger partial charge is 0.466 e. The summed E-state index contributed by atoms with van der Waals surface area (Å²) >= 11 is 0. The van der Waals surface area contributed by atoms with Crippen LogP contribution in [-0.4, -0.2) is 28.3 Å². The van der Waals surface area contributed by atoms with Gasteiger partial charge in [-0.15, -0.1) is 0 Å². The average molecular weight is 351 g/mol. The molecule has 0 radical (unpaired) electrons. The second-order valence-corrected chi connectivity index (χ2v) is 6.72. The Bertz CT molecular complexity index is 758. The molecule has 0 aliphatic carbocycles. The molecule has 0 fully saturated rings. The number of hydrogen-bond donors (Lipinski definition) is 5. The third kappa shape index (κ3) is 6.70. The number of phosphoric acid groups is 1. The molecule has 0 bridgehead atoms. The van der Waals surface area contributed by atoms with Gasteiger partial charge in [0.25, 0.3) is 10.0 Å². The van der Waals surface area contributed by atoms with E-state index >= 15 is 0 Å². The maximum Gasteiger partial charge on any atom is 0.466 e. The number of hydrogen-bond acceptors (Lipinski definition) is 6. The fourth-order valence-corrected chi connectivity index (χ4v) is 2.24. The van der Waals surface area contributed by atoms with Gasteiger partial charge in [-0.05, 0) is 31.2 Å². The monoisotopic (exact) mass is 351 g/mol. The molecule has 2 rings (SSSR count). The van der Waals surface area contributed by atoms with Crippen molar-refractivity contribution in [3.05, 3.63) is 36.1 Å². The second kappa shape index (κ2) is 6.90. The first kappa shape index (κ1) is 18.1. The summed E-state index contributed by atoms with van der Waals surface area (Å²) in [6.07, 6.45) is 0. The molecule has 12 heteroatoms. The molecular formula is C10H14N3O7PS. The third-order valence-corrected chi connectivity index (χ3v) is 3.43. The zero-order valence-corrected chi connectivity index (χ0v) is 13.0. The van der Waals surface area contributed by atoms with Gasteiger partial charge in [-0.2, -0.15) is 0 Å². The molecule has 122 valence electrons. The molecule has 10 nitrogen and oxygen atoms in total. The van der Waals surface area contributed by atoms with Crippen LogP contribution in [0.3, 0.4) is 0 Å². The van der Waals surface area contributed by atoms with Gasteiger partial charge in [-0.25, -0.2) is 13.0 Å². The van der Waals surface area contributed by atoms with Gasteiger partial charge >= 0.3 is 7.82 Å². The zero-order chi connectivity index (χ0) is 17.0. The lowest BCUT2D eigenvalue weighted by Gasteiger charge is -2.04. The minimum Gasteiger partial charge on any atom is -0.399 e. The quantitative estimate of drug-likeness (QED) is 0.388. The Morgan fingerprint density at radius 3 is 2.14 bits per heavy atom. The number of nitrogens with one attached hydrogen (secondary N) is 1. The van der Waals surface area contributed by atoms with E-state index in [0.717, 1.165) is 0 Å². The molecule has 6 N–H and O–H groups in total. The van der Waals surface area contributed by atoms with Crippen molar-refractivity contribution in [2.75, 3.05) is 10.5 Å². The van der Waals surface area contributed by atoms with Crippen LogP contribution in [0.15, 0.2) is 39.8 Å². The smallest absolute Gasteiger partial charge is 0.399 e. The van der Waals surface area contributed by atoms with E-state index in [9.17, 15) is 8.42 Å². The Morgan fingerprint density at radius 2 is 1.73 bits per heavy atom. The summed E-state index contributed by atoms with van der Waals surface area (Å²) in [5.74, 6) is 0.680. The third-order valence-electron chi connectivity index (χ3n) is 2.06. The SMILES string of the molecule is Cc1cc(NS(=O)(=O)c2ccc(N)cc2)no1.O=P(O)(O)O. The fraction of sp³-hybridized carbons (Fsp3) is 0.100. The Balaban J connectivity index is 0.000000422. The van der Waals surface area contributed by atoms with Gasteiger partial charge in [0.15, 0.2) is 5.82 Å². The van der Waals surface area contributed by atoms with Crippen LogP contribution in [0.1, 0.15) is 5.76 Å². The number of nitrogen functional groups attached to an aromatic ring is 1. The van der Waals surface area contributed by atoms with Crippen LogP contribution in [0, 0.1) is 6.92 Å². The number of benzene rings is 1. The van der Waals surface area contributed by atoms with Crippen molar-refractivity contribution < 1.29 is 32.2 Å². The Hall–Kier alpha value is -1.91. The number of nitrogens with two attached hydrogens (primary N) is 1. The van der Waals surface area contributed by atoms with Crippen molar-refractivity contribution >= 4 is 29.4 Å². The lowest BCUT2D eigenvalue weighted by atomic mass is 10.3. The van der Waals surface area contributed by atoms with Crippen molar-refractivity contribution in [3.63, 3.8) is 0 Å². The summed E-state index contributed by atoms with van der Waals surface area (Å²) in [6, 6.07) is 7.37. The Kier molecular flexibility index (Phi) is 5.69. The van der Waals surface area contributed by atoms with Crippen LogP contribution < -0.4 is 10.5 Å². The van der Waals surface area contributed by atoms with Crippen molar-refractivity contribution in [2.45, 2.75) is 11.8 Å². The highest BCUT2D eigenvalue weighted by molar-refractivity contribution is 7.92. The summed E-state index contributed by atoms with van der Waals surface area (Å²) in [4.78, 5) is 21.7. The van der Waals surface area contributed by atoms with E-state index in [0.29, 0.717) is 11.4 Å². The van der Waals surface area contributed by atoms with Gasteiger partial charge in [0.2, 0.25) is 0 Å². The van der Waals surface area contributed by atoms with Gasteiger partial charge in [-0.3, -0.25) is 4.72 Å². The molecular weight excluding hydrogens is 337 g/mol. The van der Waals surface area contributed by atoms with Crippen LogP contribution in [-0.2, 0) is 14.6 Å². The van der Waals surface area contributed by atoms with E-state index in [4.69, 9.17) is 29.5 Å². The van der Waals surface area contributed by atoms with Crippen molar-refractivity contribution in [1.29, 1.82) is 0 Å². The molecule has 0 spiro atoms. The van der Waals surface area contributed by atoms with Gasteiger partial charge in [0.05, 0.1) is 4.90 Å². The molecule has 0 amide bonds. The standard InChI is InChI=1S/C10H11N3O3S.H3O4P/c1-7-6-10(12-16-7)13-17(14,15)9-4-2-8(11)3-5-9;1-5(2,3)4/h2-6H,11H2,1H3,(H,12,13);(H3,1,2,3,4). The van der Waals surface area contributed by atoms with Gasteiger partial charge in [0, 0.05) is 11.8 Å². The first-order chi connectivity index (χ1) is 9.97. The van der Waals surface area contributed by atoms with E-state index in [-0.39, 0.29) is 10.7 Å². The fourth-order valence-electron chi connectivity index (χ4n) is 1.26. The normalized spacial score (nSPS) is 11.5. The van der Waals surface area contributed by atoms with Gasteiger partial charge in [0.1, 0.15) is 5.76 Å². The number of nitrogens with zero attached hydrogens (tertiary/aromatic N) is 1. The Morgan fingerprint density at radius 1 is 1.23 bits per heavy atom. The van der Waals surface area contributed by atoms with E-state index in [1.165, 1.54) is 30.3 Å². The molecule has 0 saturated carbocycles. The summed E-state index contributed by atoms with van der Waals surface area (Å²) in [5, 5.41) is 3.55. The predicted molar refractivity (Wildman–Crippen MR) is 77.2 cm³/mol. The molecule has 22 heavy (non-hydrogen) atoms. The maximum atomic E-state index is 11.9. The lowest BCUT2D eigenvalue weighted by Crippen LogP contribution is -2.13. The molecule has 0 aliphatic heterocycles. The Labute approximate surface area is 125 Å². The van der Waals surface area contributed by atoms with Crippen LogP contribution in [0.4, 0.5) is 11.5 Å². The van der Waals surface area contributed by atoms with Gasteiger partial charge < -0.3 is 24.9 Å². The molecule has 0 atom stereocenters. The number of rotatable bonds is 3. The van der Waals surface area contributed by atoms with Crippen LogP contribution >= 0.6 is 7.82 Å². The highest BCUT2D eigenvalue weighted by Gasteiger charge is 2.15. The van der Waals surface area contributed by atoms with Crippen LogP contribution in [0.2, 0.25) is 0 Å². The highest BCUT2D eigenvalue weighted by atomic mass is 32.2. The molecule has 1 heterocycles. The van der Waals surface area contributed by atoms with Crippen LogP contribution in [0.25, 0.3) is 0 Å². The highest BCUT2D eigenvalue weighted by Crippen LogP contribution is 2.25. The van der Waals surface area contributed by atoms with E-state index < -0.39 is 17.8 Å². The first-order valence-corrected chi connectivity index (χ1v) is 8.62. The van der Waals surface area contributed by atoms with E-state index in [2.05, 4.69) is 9.88 Å². The molecule has 1 aromatic heterocycles. The molecule has 0 aliphatic rings. The molecule has 0 unspecified atom stereocenters. The molecule has 0 saturated heterocycles. The molecule has 2 aromatic rings. The van der Waals surface area contributed by atoms with Crippen LogP contribution in [0.5, 0.6) is 0 Å². The number of anilines is 2. The number of sulfonamides is 1. The summed E-state index contributed by atoms with van der Waals surface area (Å²) in [6.45, 7) is 1.67. The minimum absolute atomic E-state index is 0.118. The number of aromatic nitrogens is 1. The van der Waals surface area contributed by atoms with E-state index in [1.807, 2.05) is 0 Å². The summed E-state index contributed by atoms with van der Waals surface area (Å²) in [7, 11) is -8.28. The predicted octanol–water partition coefficient (Wildman–Crippen LogP) is 0.437. The number of aryl methyl sites for hydroxylation is 1. The minimum atomic E-state index is -4.64. The van der Waals surface area contributed by atoms with E-state index in [1.54, 1.807) is 6.92 Å². The first-order valence-electron chi connectivity index (χ1n) is 5.57. The summed E-state index contributed by atoms with van der Waals surface area (Å²) < 4.78 is 39.7. The topological polar surface area (TPSA) is 176 Å². The maximum absolute atomic E-state index is 11.9. The zero-order valence-electron chi connectivity index (χ0n) is 11.2.